The molecule has 0 fully saturated rings. The molecule has 100 valence electrons. The summed E-state index contributed by atoms with van der Waals surface area (Å²) < 4.78 is 1.65. The van der Waals surface area contributed by atoms with Crippen molar-refractivity contribution in [3.8, 4) is 0 Å². The molecule has 0 amide bonds. The Kier molecular flexibility index (Phi) is 3.66. The third-order valence-electron chi connectivity index (χ3n) is 2.76. The van der Waals surface area contributed by atoms with Crippen LogP contribution in [0.25, 0.3) is 0 Å². The van der Waals surface area contributed by atoms with E-state index in [1.807, 2.05) is 0 Å². The van der Waals surface area contributed by atoms with Gasteiger partial charge in [0.05, 0.1) is 23.4 Å². The highest BCUT2D eigenvalue weighted by atomic mass is 35.5. The molecule has 2 aromatic rings. The summed E-state index contributed by atoms with van der Waals surface area (Å²) in [5.74, 6) is 0. The summed E-state index contributed by atoms with van der Waals surface area (Å²) in [4.78, 5) is 10.3. The van der Waals surface area contributed by atoms with Gasteiger partial charge in [0.15, 0.2) is 0 Å². The van der Waals surface area contributed by atoms with Crippen molar-refractivity contribution in [3.05, 3.63) is 44.7 Å². The number of anilines is 1. The first-order valence-corrected chi connectivity index (χ1v) is 5.89. The Morgan fingerprint density at radius 2 is 2.26 bits per heavy atom. The Morgan fingerprint density at radius 3 is 2.84 bits per heavy atom. The fourth-order valence-electron chi connectivity index (χ4n) is 1.65. The highest BCUT2D eigenvalue weighted by Crippen LogP contribution is 2.30. The van der Waals surface area contributed by atoms with Crippen LogP contribution < -0.4 is 5.32 Å². The van der Waals surface area contributed by atoms with E-state index in [1.54, 1.807) is 30.9 Å². The Labute approximate surface area is 114 Å². The third-order valence-corrected chi connectivity index (χ3v) is 3.06. The number of nitrogens with zero attached hydrogens (tertiary/aromatic N) is 4. The molecule has 0 spiro atoms. The molecule has 0 bridgehead atoms. The number of aryl methyl sites for hydroxylation is 2. The van der Waals surface area contributed by atoms with Gasteiger partial charge in [-0.2, -0.15) is 0 Å². The summed E-state index contributed by atoms with van der Waals surface area (Å²) in [5.41, 5.74) is 2.31. The second kappa shape index (κ2) is 5.23. The molecule has 8 heteroatoms. The second-order valence-electron chi connectivity index (χ2n) is 4.08. The van der Waals surface area contributed by atoms with Crippen LogP contribution in [0, 0.1) is 17.0 Å². The van der Waals surface area contributed by atoms with E-state index in [-0.39, 0.29) is 10.7 Å². The molecule has 2 rings (SSSR count). The van der Waals surface area contributed by atoms with Crippen molar-refractivity contribution in [2.45, 2.75) is 13.5 Å². The highest BCUT2D eigenvalue weighted by molar-refractivity contribution is 6.33. The van der Waals surface area contributed by atoms with E-state index in [0.29, 0.717) is 6.54 Å². The molecule has 0 saturated heterocycles. The van der Waals surface area contributed by atoms with Crippen molar-refractivity contribution >= 4 is 23.0 Å². The highest BCUT2D eigenvalue weighted by Gasteiger charge is 2.15. The zero-order chi connectivity index (χ0) is 14.0. The van der Waals surface area contributed by atoms with Crippen LogP contribution in [-0.2, 0) is 13.6 Å². The minimum atomic E-state index is -0.496. The van der Waals surface area contributed by atoms with Crippen LogP contribution in [0.4, 0.5) is 11.4 Å². The Balaban J connectivity index is 2.20. The summed E-state index contributed by atoms with van der Waals surface area (Å²) in [5, 5.41) is 21.6. The van der Waals surface area contributed by atoms with Crippen molar-refractivity contribution in [2.24, 2.45) is 7.05 Å². The molecular formula is C11H12ClN5O2. The van der Waals surface area contributed by atoms with Crippen molar-refractivity contribution in [2.75, 3.05) is 5.32 Å². The topological polar surface area (TPSA) is 85.9 Å². The standard InChI is InChI=1S/C11H12ClN5O2/c1-7-3-11(17(18)19)9(12)4-10(7)13-5-8-6-14-15-16(8)2/h3-4,6,13H,5H2,1-2H3. The molecule has 0 atom stereocenters. The maximum atomic E-state index is 10.8. The Hall–Kier alpha value is -2.15. The first kappa shape index (κ1) is 13.3. The zero-order valence-electron chi connectivity index (χ0n) is 10.4. The van der Waals surface area contributed by atoms with Gasteiger partial charge in [0.2, 0.25) is 0 Å². The van der Waals surface area contributed by atoms with Crippen LogP contribution in [0.2, 0.25) is 5.02 Å². The maximum Gasteiger partial charge on any atom is 0.288 e. The van der Waals surface area contributed by atoms with E-state index in [2.05, 4.69) is 15.6 Å². The first-order chi connectivity index (χ1) is 8.99. The fraction of sp³-hybridized carbons (Fsp3) is 0.273. The minimum absolute atomic E-state index is 0.0908. The van der Waals surface area contributed by atoms with Gasteiger partial charge in [0, 0.05) is 18.8 Å². The molecular weight excluding hydrogens is 270 g/mol. The number of rotatable bonds is 4. The summed E-state index contributed by atoms with van der Waals surface area (Å²) in [6.45, 7) is 2.30. The summed E-state index contributed by atoms with van der Waals surface area (Å²) in [6, 6.07) is 3.00. The number of halogens is 1. The van der Waals surface area contributed by atoms with E-state index in [1.165, 1.54) is 6.07 Å². The fourth-order valence-corrected chi connectivity index (χ4v) is 1.89. The number of hydrogen-bond donors (Lipinski definition) is 1. The van der Waals surface area contributed by atoms with Crippen LogP contribution in [0.15, 0.2) is 18.3 Å². The molecule has 19 heavy (non-hydrogen) atoms. The normalized spacial score (nSPS) is 10.5. The number of aromatic nitrogens is 3. The molecule has 1 N–H and O–H groups in total. The van der Waals surface area contributed by atoms with Crippen LogP contribution >= 0.6 is 11.6 Å². The van der Waals surface area contributed by atoms with E-state index in [4.69, 9.17) is 11.6 Å². The van der Waals surface area contributed by atoms with Gasteiger partial charge in [-0.3, -0.25) is 14.8 Å². The summed E-state index contributed by atoms with van der Waals surface area (Å²) >= 11 is 5.88. The molecule has 7 nitrogen and oxygen atoms in total. The largest absolute Gasteiger partial charge is 0.379 e. The SMILES string of the molecule is Cc1cc([N+](=O)[O-])c(Cl)cc1NCc1cnnn1C. The lowest BCUT2D eigenvalue weighted by atomic mass is 10.1. The van der Waals surface area contributed by atoms with Crippen LogP contribution in [-0.4, -0.2) is 19.9 Å². The van der Waals surface area contributed by atoms with E-state index in [0.717, 1.165) is 16.9 Å². The molecule has 1 aromatic heterocycles. The van der Waals surface area contributed by atoms with E-state index < -0.39 is 4.92 Å². The quantitative estimate of drug-likeness (QED) is 0.686. The Morgan fingerprint density at radius 1 is 1.53 bits per heavy atom. The van der Waals surface area contributed by atoms with Crippen molar-refractivity contribution < 1.29 is 4.92 Å². The lowest BCUT2D eigenvalue weighted by Gasteiger charge is -2.10. The molecule has 1 heterocycles. The van der Waals surface area contributed by atoms with Gasteiger partial charge < -0.3 is 5.32 Å². The summed E-state index contributed by atoms with van der Waals surface area (Å²) in [7, 11) is 1.79. The number of nitro benzene ring substituents is 1. The zero-order valence-corrected chi connectivity index (χ0v) is 11.2. The predicted molar refractivity (Wildman–Crippen MR) is 71.2 cm³/mol. The van der Waals surface area contributed by atoms with E-state index in [9.17, 15) is 10.1 Å². The number of benzene rings is 1. The van der Waals surface area contributed by atoms with Gasteiger partial charge in [0.1, 0.15) is 5.02 Å². The lowest BCUT2D eigenvalue weighted by molar-refractivity contribution is -0.384. The number of hydrogen-bond acceptors (Lipinski definition) is 5. The average molecular weight is 282 g/mol. The second-order valence-corrected chi connectivity index (χ2v) is 4.49. The number of nitro groups is 1. The lowest BCUT2D eigenvalue weighted by Crippen LogP contribution is -2.06. The molecule has 0 aliphatic rings. The molecule has 0 aliphatic heterocycles. The van der Waals surface area contributed by atoms with Crippen molar-refractivity contribution in [1.29, 1.82) is 0 Å². The minimum Gasteiger partial charge on any atom is -0.379 e. The van der Waals surface area contributed by atoms with Crippen LogP contribution in [0.3, 0.4) is 0 Å². The van der Waals surface area contributed by atoms with Gasteiger partial charge >= 0.3 is 0 Å². The predicted octanol–water partition coefficient (Wildman–Crippen LogP) is 2.30. The van der Waals surface area contributed by atoms with Crippen LogP contribution in [0.1, 0.15) is 11.3 Å². The Bertz CT molecular complexity index is 626. The van der Waals surface area contributed by atoms with Gasteiger partial charge in [-0.1, -0.05) is 16.8 Å². The van der Waals surface area contributed by atoms with Gasteiger partial charge in [-0.25, -0.2) is 0 Å². The van der Waals surface area contributed by atoms with Gasteiger partial charge in [0.25, 0.3) is 5.69 Å². The van der Waals surface area contributed by atoms with Crippen molar-refractivity contribution in [3.63, 3.8) is 0 Å². The molecule has 0 aliphatic carbocycles. The molecule has 0 unspecified atom stereocenters. The van der Waals surface area contributed by atoms with E-state index >= 15 is 0 Å². The van der Waals surface area contributed by atoms with Crippen LogP contribution in [0.5, 0.6) is 0 Å². The van der Waals surface area contributed by atoms with Gasteiger partial charge in [-0.15, -0.1) is 5.10 Å². The molecule has 0 saturated carbocycles. The number of nitrogens with one attached hydrogen (secondary N) is 1. The monoisotopic (exact) mass is 281 g/mol. The molecule has 0 radical (unpaired) electrons. The summed E-state index contributed by atoms with van der Waals surface area (Å²) in [6.07, 6.45) is 1.65. The third kappa shape index (κ3) is 2.82. The van der Waals surface area contributed by atoms with Crippen molar-refractivity contribution in [1.82, 2.24) is 15.0 Å². The smallest absolute Gasteiger partial charge is 0.288 e. The first-order valence-electron chi connectivity index (χ1n) is 5.51. The maximum absolute atomic E-state index is 10.8. The average Bonchev–Trinajstić information content (AvgIpc) is 2.75. The van der Waals surface area contributed by atoms with Gasteiger partial charge in [-0.05, 0) is 18.6 Å². The molecule has 1 aromatic carbocycles.